The lowest BCUT2D eigenvalue weighted by Crippen LogP contribution is -2.24. The van der Waals surface area contributed by atoms with Crippen molar-refractivity contribution >= 4 is 22.8 Å². The summed E-state index contributed by atoms with van der Waals surface area (Å²) in [6, 6.07) is 0. The molecule has 0 aliphatic heterocycles. The lowest BCUT2D eigenvalue weighted by atomic mass is 10.2. The molecular weight excluding hydrogens is 320 g/mol. The normalized spacial score (nSPS) is 15.3. The molecule has 3 aromatic heterocycles. The van der Waals surface area contributed by atoms with E-state index in [1.165, 1.54) is 6.26 Å². The second-order valence-electron chi connectivity index (χ2n) is 6.77. The lowest BCUT2D eigenvalue weighted by Gasteiger charge is -2.14. The SMILES string of the molecule is Cc1nc(NC2(C)CC2)c2c(C(=O)NCc3nccn3C)coc2n1. The van der Waals surface area contributed by atoms with E-state index >= 15 is 0 Å². The molecule has 1 fully saturated rings. The maximum atomic E-state index is 12.7. The number of furan rings is 1. The Morgan fingerprint density at radius 1 is 1.40 bits per heavy atom. The van der Waals surface area contributed by atoms with Gasteiger partial charge in [0.1, 0.15) is 23.7 Å². The minimum atomic E-state index is -0.238. The summed E-state index contributed by atoms with van der Waals surface area (Å²) < 4.78 is 7.38. The second-order valence-corrected chi connectivity index (χ2v) is 6.77. The van der Waals surface area contributed by atoms with Crippen molar-refractivity contribution in [3.05, 3.63) is 35.9 Å². The number of imidazole rings is 1. The van der Waals surface area contributed by atoms with E-state index < -0.39 is 0 Å². The number of carbonyl (C=O) groups is 1. The van der Waals surface area contributed by atoms with Gasteiger partial charge in [-0.25, -0.2) is 9.97 Å². The van der Waals surface area contributed by atoms with E-state index in [4.69, 9.17) is 4.42 Å². The van der Waals surface area contributed by atoms with Gasteiger partial charge in [-0.05, 0) is 26.7 Å². The number of nitrogens with zero attached hydrogens (tertiary/aromatic N) is 4. The number of fused-ring (bicyclic) bond motifs is 1. The van der Waals surface area contributed by atoms with Crippen molar-refractivity contribution in [3.8, 4) is 0 Å². The zero-order valence-corrected chi connectivity index (χ0v) is 14.5. The molecule has 130 valence electrons. The molecule has 25 heavy (non-hydrogen) atoms. The van der Waals surface area contributed by atoms with E-state index in [0.29, 0.717) is 34.9 Å². The van der Waals surface area contributed by atoms with Crippen molar-refractivity contribution in [1.29, 1.82) is 0 Å². The number of rotatable bonds is 5. The number of anilines is 1. The van der Waals surface area contributed by atoms with E-state index in [1.807, 2.05) is 24.7 Å². The highest BCUT2D eigenvalue weighted by Gasteiger charge is 2.38. The maximum Gasteiger partial charge on any atom is 0.255 e. The van der Waals surface area contributed by atoms with Crippen molar-refractivity contribution in [3.63, 3.8) is 0 Å². The maximum absolute atomic E-state index is 12.7. The van der Waals surface area contributed by atoms with Crippen LogP contribution in [-0.2, 0) is 13.6 Å². The fourth-order valence-electron chi connectivity index (χ4n) is 2.73. The fraction of sp³-hybridized carbons (Fsp3) is 0.412. The van der Waals surface area contributed by atoms with Gasteiger partial charge in [0.05, 0.1) is 17.5 Å². The van der Waals surface area contributed by atoms with Crippen LogP contribution in [-0.4, -0.2) is 31.0 Å². The zero-order valence-electron chi connectivity index (χ0n) is 14.5. The number of carbonyl (C=O) groups excluding carboxylic acids is 1. The van der Waals surface area contributed by atoms with Crippen molar-refractivity contribution in [1.82, 2.24) is 24.8 Å². The number of aryl methyl sites for hydroxylation is 2. The summed E-state index contributed by atoms with van der Waals surface area (Å²) in [5, 5.41) is 6.93. The molecule has 0 spiro atoms. The molecule has 0 atom stereocenters. The van der Waals surface area contributed by atoms with Gasteiger partial charge < -0.3 is 19.6 Å². The Hall–Kier alpha value is -2.90. The Bertz CT molecular complexity index is 953. The van der Waals surface area contributed by atoms with E-state index in [0.717, 1.165) is 18.7 Å². The predicted molar refractivity (Wildman–Crippen MR) is 92.2 cm³/mol. The van der Waals surface area contributed by atoms with Gasteiger partial charge in [0.25, 0.3) is 5.91 Å². The standard InChI is InChI=1S/C17H20N6O2/c1-10-20-14(22-17(2)4-5-17)13-11(9-25-16(13)21-10)15(24)19-8-12-18-6-7-23(12)3/h6-7,9H,4-5,8H2,1-3H3,(H,19,24)(H,20,21,22). The molecule has 0 unspecified atom stereocenters. The Balaban J connectivity index is 1.64. The lowest BCUT2D eigenvalue weighted by molar-refractivity contribution is 0.0950. The Labute approximate surface area is 144 Å². The van der Waals surface area contributed by atoms with Gasteiger partial charge in [-0.2, -0.15) is 4.98 Å². The van der Waals surface area contributed by atoms with Crippen LogP contribution in [0.3, 0.4) is 0 Å². The van der Waals surface area contributed by atoms with Crippen molar-refractivity contribution in [2.24, 2.45) is 7.05 Å². The first-order valence-corrected chi connectivity index (χ1v) is 8.24. The molecule has 3 aromatic rings. The molecule has 1 aliphatic rings. The van der Waals surface area contributed by atoms with Crippen LogP contribution >= 0.6 is 0 Å². The van der Waals surface area contributed by atoms with Gasteiger partial charge in [0, 0.05) is 25.0 Å². The van der Waals surface area contributed by atoms with Gasteiger partial charge in [0.2, 0.25) is 5.71 Å². The third-order valence-electron chi connectivity index (χ3n) is 4.54. The Morgan fingerprint density at radius 2 is 2.20 bits per heavy atom. The highest BCUT2D eigenvalue weighted by Crippen LogP contribution is 2.39. The summed E-state index contributed by atoms with van der Waals surface area (Å²) in [4.78, 5) is 25.6. The van der Waals surface area contributed by atoms with Crippen molar-refractivity contribution in [2.75, 3.05) is 5.32 Å². The summed E-state index contributed by atoms with van der Waals surface area (Å²) in [5.41, 5.74) is 0.878. The molecule has 1 aliphatic carbocycles. The first-order chi connectivity index (χ1) is 12.0. The van der Waals surface area contributed by atoms with Gasteiger partial charge >= 0.3 is 0 Å². The number of hydrogen-bond acceptors (Lipinski definition) is 6. The Morgan fingerprint density at radius 3 is 2.88 bits per heavy atom. The average Bonchev–Trinajstić information content (AvgIpc) is 2.96. The number of amides is 1. The summed E-state index contributed by atoms with van der Waals surface area (Å²) in [5.74, 6) is 1.79. The van der Waals surface area contributed by atoms with Crippen LogP contribution in [0.15, 0.2) is 23.1 Å². The largest absolute Gasteiger partial charge is 0.445 e. The van der Waals surface area contributed by atoms with Crippen molar-refractivity contribution < 1.29 is 9.21 Å². The summed E-state index contributed by atoms with van der Waals surface area (Å²) >= 11 is 0. The number of hydrogen-bond donors (Lipinski definition) is 2. The molecule has 0 radical (unpaired) electrons. The monoisotopic (exact) mass is 340 g/mol. The van der Waals surface area contributed by atoms with Crippen LogP contribution in [0.25, 0.3) is 11.1 Å². The van der Waals surface area contributed by atoms with Crippen molar-refractivity contribution in [2.45, 2.75) is 38.8 Å². The number of aromatic nitrogens is 4. The summed E-state index contributed by atoms with van der Waals surface area (Å²) in [6.45, 7) is 4.28. The van der Waals surface area contributed by atoms with Crippen LogP contribution < -0.4 is 10.6 Å². The molecular formula is C17H20N6O2. The molecule has 8 heteroatoms. The molecule has 8 nitrogen and oxygen atoms in total. The summed E-state index contributed by atoms with van der Waals surface area (Å²) in [6.07, 6.45) is 7.13. The molecule has 0 saturated heterocycles. The first-order valence-electron chi connectivity index (χ1n) is 8.24. The minimum Gasteiger partial charge on any atom is -0.445 e. The molecule has 2 N–H and O–H groups in total. The van der Waals surface area contributed by atoms with Crippen LogP contribution in [0, 0.1) is 6.92 Å². The van der Waals surface area contributed by atoms with Crippen LogP contribution in [0.2, 0.25) is 0 Å². The Kier molecular flexibility index (Phi) is 3.48. The smallest absolute Gasteiger partial charge is 0.255 e. The quantitative estimate of drug-likeness (QED) is 0.738. The van der Waals surface area contributed by atoms with Crippen LogP contribution in [0.1, 0.15) is 41.8 Å². The topological polar surface area (TPSA) is 97.9 Å². The van der Waals surface area contributed by atoms with Gasteiger partial charge in [-0.15, -0.1) is 0 Å². The van der Waals surface area contributed by atoms with E-state index in [1.54, 1.807) is 6.20 Å². The summed E-state index contributed by atoms with van der Waals surface area (Å²) in [7, 11) is 1.89. The van der Waals surface area contributed by atoms with Crippen LogP contribution in [0.5, 0.6) is 0 Å². The first kappa shape index (κ1) is 15.6. The predicted octanol–water partition coefficient (Wildman–Crippen LogP) is 2.16. The van der Waals surface area contributed by atoms with E-state index in [9.17, 15) is 4.79 Å². The third kappa shape index (κ3) is 2.95. The molecule has 1 amide bonds. The minimum absolute atomic E-state index is 0.0334. The van der Waals surface area contributed by atoms with E-state index in [2.05, 4.69) is 32.5 Å². The highest BCUT2D eigenvalue weighted by molar-refractivity contribution is 6.08. The van der Waals surface area contributed by atoms with Gasteiger partial charge in [0.15, 0.2) is 0 Å². The van der Waals surface area contributed by atoms with Crippen LogP contribution in [0.4, 0.5) is 5.82 Å². The zero-order chi connectivity index (χ0) is 17.6. The molecule has 1 saturated carbocycles. The fourth-order valence-corrected chi connectivity index (χ4v) is 2.73. The second kappa shape index (κ2) is 5.58. The molecule has 0 aromatic carbocycles. The molecule has 4 rings (SSSR count). The van der Waals surface area contributed by atoms with Gasteiger partial charge in [-0.3, -0.25) is 4.79 Å². The van der Waals surface area contributed by atoms with E-state index in [-0.39, 0.29) is 11.4 Å². The molecule has 3 heterocycles. The third-order valence-corrected chi connectivity index (χ3v) is 4.54. The molecule has 0 bridgehead atoms. The average molecular weight is 340 g/mol. The highest BCUT2D eigenvalue weighted by atomic mass is 16.3. The van der Waals surface area contributed by atoms with Gasteiger partial charge in [-0.1, -0.05) is 0 Å². The number of nitrogens with one attached hydrogen (secondary N) is 2.